The number of nitrogens with zero attached hydrogens (tertiary/aromatic N) is 5. The molecular weight excluding hydrogens is 322 g/mol. The summed E-state index contributed by atoms with van der Waals surface area (Å²) in [5, 5.41) is 4.04. The molecule has 3 heterocycles. The number of aromatic nitrogens is 2. The zero-order valence-electron chi connectivity index (χ0n) is 15.3. The van der Waals surface area contributed by atoms with E-state index in [1.54, 1.807) is 0 Å². The fraction of sp³-hybridized carbons (Fsp3) is 0.824. The summed E-state index contributed by atoms with van der Waals surface area (Å²) in [7, 11) is 0. The van der Waals surface area contributed by atoms with Crippen molar-refractivity contribution in [2.24, 2.45) is 5.92 Å². The lowest BCUT2D eigenvalue weighted by atomic mass is 10.1. The van der Waals surface area contributed by atoms with Gasteiger partial charge in [0.2, 0.25) is 11.8 Å². The number of piperazine rings is 1. The standard InChI is InChI=1S/C17H29N5O3/c1-14(2)11-15-18-16(25-19-15)12-20-3-5-21(6-4-20)13-17(23)22-7-9-24-10-8-22/h14H,3-13H2,1-2H3. The first-order valence-electron chi connectivity index (χ1n) is 9.22. The van der Waals surface area contributed by atoms with Crippen molar-refractivity contribution in [3.8, 4) is 0 Å². The average Bonchev–Trinajstić information content (AvgIpc) is 3.03. The van der Waals surface area contributed by atoms with Gasteiger partial charge in [-0.1, -0.05) is 19.0 Å². The quantitative estimate of drug-likeness (QED) is 0.727. The monoisotopic (exact) mass is 351 g/mol. The highest BCUT2D eigenvalue weighted by Crippen LogP contribution is 2.10. The summed E-state index contributed by atoms with van der Waals surface area (Å²) in [6.45, 7) is 11.8. The summed E-state index contributed by atoms with van der Waals surface area (Å²) in [4.78, 5) is 23.2. The SMILES string of the molecule is CC(C)Cc1noc(CN2CCN(CC(=O)N3CCOCC3)CC2)n1. The summed E-state index contributed by atoms with van der Waals surface area (Å²) in [5.41, 5.74) is 0. The van der Waals surface area contributed by atoms with Gasteiger partial charge in [-0.25, -0.2) is 0 Å². The van der Waals surface area contributed by atoms with E-state index in [0.717, 1.165) is 38.4 Å². The molecule has 3 rings (SSSR count). The zero-order valence-corrected chi connectivity index (χ0v) is 15.3. The second-order valence-corrected chi connectivity index (χ2v) is 7.25. The van der Waals surface area contributed by atoms with Gasteiger partial charge in [-0.3, -0.25) is 14.6 Å². The third-order valence-electron chi connectivity index (χ3n) is 4.65. The van der Waals surface area contributed by atoms with Gasteiger partial charge in [-0.2, -0.15) is 4.98 Å². The van der Waals surface area contributed by atoms with Crippen LogP contribution in [-0.2, 0) is 22.5 Å². The molecule has 2 aliphatic heterocycles. The number of carbonyl (C=O) groups is 1. The Balaban J connectivity index is 1.39. The molecule has 8 nitrogen and oxygen atoms in total. The number of rotatable bonds is 6. The molecule has 8 heteroatoms. The van der Waals surface area contributed by atoms with Crippen LogP contribution in [0.5, 0.6) is 0 Å². The van der Waals surface area contributed by atoms with Crippen molar-refractivity contribution in [1.29, 1.82) is 0 Å². The highest BCUT2D eigenvalue weighted by Gasteiger charge is 2.23. The van der Waals surface area contributed by atoms with Crippen molar-refractivity contribution in [2.75, 3.05) is 59.0 Å². The van der Waals surface area contributed by atoms with Gasteiger partial charge in [0.25, 0.3) is 0 Å². The molecule has 0 atom stereocenters. The van der Waals surface area contributed by atoms with Crippen LogP contribution < -0.4 is 0 Å². The smallest absolute Gasteiger partial charge is 0.240 e. The molecule has 0 aliphatic carbocycles. The number of ether oxygens (including phenoxy) is 1. The maximum Gasteiger partial charge on any atom is 0.240 e. The third-order valence-corrected chi connectivity index (χ3v) is 4.65. The largest absolute Gasteiger partial charge is 0.378 e. The van der Waals surface area contributed by atoms with Gasteiger partial charge in [0.05, 0.1) is 26.3 Å². The number of amides is 1. The Kier molecular flexibility index (Phi) is 6.39. The van der Waals surface area contributed by atoms with E-state index >= 15 is 0 Å². The lowest BCUT2D eigenvalue weighted by Crippen LogP contribution is -2.51. The van der Waals surface area contributed by atoms with Gasteiger partial charge in [0, 0.05) is 45.7 Å². The van der Waals surface area contributed by atoms with Gasteiger partial charge in [-0.15, -0.1) is 0 Å². The predicted molar refractivity (Wildman–Crippen MR) is 92.0 cm³/mol. The van der Waals surface area contributed by atoms with Crippen LogP contribution >= 0.6 is 0 Å². The molecule has 25 heavy (non-hydrogen) atoms. The summed E-state index contributed by atoms with van der Waals surface area (Å²) in [5.74, 6) is 2.22. The van der Waals surface area contributed by atoms with E-state index in [-0.39, 0.29) is 5.91 Å². The van der Waals surface area contributed by atoms with Crippen LogP contribution in [-0.4, -0.2) is 89.8 Å². The number of carbonyl (C=O) groups excluding carboxylic acids is 1. The Morgan fingerprint density at radius 2 is 1.76 bits per heavy atom. The average molecular weight is 351 g/mol. The molecule has 1 aromatic heterocycles. The molecule has 1 amide bonds. The molecule has 140 valence electrons. The van der Waals surface area contributed by atoms with E-state index in [2.05, 4.69) is 33.8 Å². The first kappa shape index (κ1) is 18.3. The highest BCUT2D eigenvalue weighted by atomic mass is 16.5. The molecule has 0 bridgehead atoms. The minimum Gasteiger partial charge on any atom is -0.378 e. The van der Waals surface area contributed by atoms with Gasteiger partial charge >= 0.3 is 0 Å². The van der Waals surface area contributed by atoms with Crippen LogP contribution in [0.25, 0.3) is 0 Å². The van der Waals surface area contributed by atoms with Crippen LogP contribution in [0.4, 0.5) is 0 Å². The van der Waals surface area contributed by atoms with Crippen molar-refractivity contribution in [3.63, 3.8) is 0 Å². The van der Waals surface area contributed by atoms with Gasteiger partial charge in [0.15, 0.2) is 5.82 Å². The first-order chi connectivity index (χ1) is 12.1. The molecule has 0 aromatic carbocycles. The molecule has 1 aromatic rings. The number of morpholine rings is 1. The molecule has 0 spiro atoms. The summed E-state index contributed by atoms with van der Waals surface area (Å²) >= 11 is 0. The lowest BCUT2D eigenvalue weighted by molar-refractivity contribution is -0.136. The maximum atomic E-state index is 12.3. The van der Waals surface area contributed by atoms with E-state index in [1.807, 2.05) is 4.90 Å². The Hall–Kier alpha value is -1.51. The van der Waals surface area contributed by atoms with Crippen LogP contribution in [0.3, 0.4) is 0 Å². The fourth-order valence-corrected chi connectivity index (χ4v) is 3.20. The normalized spacial score (nSPS) is 20.4. The molecule has 0 radical (unpaired) electrons. The number of hydrogen-bond donors (Lipinski definition) is 0. The summed E-state index contributed by atoms with van der Waals surface area (Å²) < 4.78 is 10.6. The van der Waals surface area contributed by atoms with Crippen molar-refractivity contribution < 1.29 is 14.1 Å². The molecule has 2 fully saturated rings. The predicted octanol–water partition coefficient (Wildman–Crippen LogP) is 0.245. The maximum absolute atomic E-state index is 12.3. The Labute approximate surface area is 149 Å². The second-order valence-electron chi connectivity index (χ2n) is 7.25. The minimum absolute atomic E-state index is 0.215. The minimum atomic E-state index is 0.215. The van der Waals surface area contributed by atoms with E-state index < -0.39 is 0 Å². The molecule has 0 unspecified atom stereocenters. The molecular formula is C17H29N5O3. The first-order valence-corrected chi connectivity index (χ1v) is 9.22. The van der Waals surface area contributed by atoms with Crippen LogP contribution in [0, 0.1) is 5.92 Å². The van der Waals surface area contributed by atoms with Gasteiger partial charge in [-0.05, 0) is 5.92 Å². The zero-order chi connectivity index (χ0) is 17.6. The molecule has 0 N–H and O–H groups in total. The van der Waals surface area contributed by atoms with Crippen LogP contribution in [0.15, 0.2) is 4.52 Å². The van der Waals surface area contributed by atoms with Crippen molar-refractivity contribution in [1.82, 2.24) is 24.8 Å². The van der Waals surface area contributed by atoms with E-state index in [9.17, 15) is 4.79 Å². The van der Waals surface area contributed by atoms with Gasteiger partial charge in [0.1, 0.15) is 0 Å². The van der Waals surface area contributed by atoms with Crippen molar-refractivity contribution in [3.05, 3.63) is 11.7 Å². The third kappa shape index (κ3) is 5.49. The Morgan fingerprint density at radius 3 is 2.44 bits per heavy atom. The highest BCUT2D eigenvalue weighted by molar-refractivity contribution is 5.78. The lowest BCUT2D eigenvalue weighted by Gasteiger charge is -2.35. The topological polar surface area (TPSA) is 74.9 Å². The summed E-state index contributed by atoms with van der Waals surface area (Å²) in [6.07, 6.45) is 0.848. The van der Waals surface area contributed by atoms with Gasteiger partial charge < -0.3 is 14.2 Å². The molecule has 0 saturated carbocycles. The Bertz CT molecular complexity index is 548. The Morgan fingerprint density at radius 1 is 1.08 bits per heavy atom. The number of hydrogen-bond acceptors (Lipinski definition) is 7. The molecule has 2 saturated heterocycles. The van der Waals surface area contributed by atoms with E-state index in [1.165, 1.54) is 0 Å². The summed E-state index contributed by atoms with van der Waals surface area (Å²) in [6, 6.07) is 0. The van der Waals surface area contributed by atoms with E-state index in [0.29, 0.717) is 51.2 Å². The van der Waals surface area contributed by atoms with Crippen LogP contribution in [0.1, 0.15) is 25.6 Å². The molecule has 2 aliphatic rings. The fourth-order valence-electron chi connectivity index (χ4n) is 3.20. The van der Waals surface area contributed by atoms with Crippen LogP contribution in [0.2, 0.25) is 0 Å². The van der Waals surface area contributed by atoms with Crippen molar-refractivity contribution in [2.45, 2.75) is 26.8 Å². The van der Waals surface area contributed by atoms with E-state index in [4.69, 9.17) is 9.26 Å². The van der Waals surface area contributed by atoms with Crippen molar-refractivity contribution >= 4 is 5.91 Å². The second kappa shape index (κ2) is 8.73.